The quantitative estimate of drug-likeness (QED) is 0.690. The van der Waals surface area contributed by atoms with Crippen molar-refractivity contribution in [1.82, 2.24) is 4.98 Å². The first kappa shape index (κ1) is 10.1. The van der Waals surface area contributed by atoms with Crippen LogP contribution >= 0.6 is 7.82 Å². The van der Waals surface area contributed by atoms with E-state index >= 15 is 0 Å². The fourth-order valence-corrected chi connectivity index (χ4v) is 4.34. The molecule has 2 saturated heterocycles. The van der Waals surface area contributed by atoms with Crippen LogP contribution in [-0.4, -0.2) is 11.1 Å². The molecule has 2 aromatic rings. The van der Waals surface area contributed by atoms with Gasteiger partial charge in [0.15, 0.2) is 6.10 Å². The van der Waals surface area contributed by atoms with Crippen LogP contribution in [0.4, 0.5) is 0 Å². The fraction of sp³-hybridized carbons (Fsp3) is 0.154. The van der Waals surface area contributed by atoms with Crippen LogP contribution in [0.3, 0.4) is 0 Å². The van der Waals surface area contributed by atoms with Crippen LogP contribution in [-0.2, 0) is 18.1 Å². The van der Waals surface area contributed by atoms with Gasteiger partial charge in [-0.2, -0.15) is 0 Å². The molecule has 0 amide bonds. The van der Waals surface area contributed by atoms with E-state index in [1.165, 1.54) is 0 Å². The largest absolute Gasteiger partial charge is 0.531 e. The van der Waals surface area contributed by atoms with Gasteiger partial charge in [0.1, 0.15) is 11.9 Å². The lowest BCUT2D eigenvalue weighted by atomic mass is 9.94. The molecule has 19 heavy (non-hydrogen) atoms. The maximum Gasteiger partial charge on any atom is 0.531 e. The molecule has 3 heterocycles. The second kappa shape index (κ2) is 3.07. The molecule has 1 aromatic carbocycles. The van der Waals surface area contributed by atoms with Crippen molar-refractivity contribution < 1.29 is 18.1 Å². The molecule has 3 atom stereocenters. The number of pyridine rings is 1. The van der Waals surface area contributed by atoms with Crippen LogP contribution in [0.15, 0.2) is 36.1 Å². The molecule has 2 fully saturated rings. The fourth-order valence-electron chi connectivity index (χ4n) is 2.79. The van der Waals surface area contributed by atoms with Gasteiger partial charge in [0.2, 0.25) is 0 Å². The number of para-hydroxylation sites is 1. The second-order valence-corrected chi connectivity index (χ2v) is 6.29. The summed E-state index contributed by atoms with van der Waals surface area (Å²) >= 11 is 0. The number of nitrogens with zero attached hydrogens (tertiary/aromatic N) is 1. The Labute approximate surface area is 108 Å². The molecule has 2 aliphatic heterocycles. The summed E-state index contributed by atoms with van der Waals surface area (Å²) in [7, 11) is -3.37. The zero-order valence-corrected chi connectivity index (χ0v) is 10.5. The van der Waals surface area contributed by atoms with Crippen molar-refractivity contribution in [1.29, 1.82) is 0 Å². The third-order valence-corrected chi connectivity index (χ3v) is 5.03. The molecule has 2 bridgehead atoms. The SMILES string of the molecule is O=P12OC3=Cc4nc5ccccc5cc4C(O1)C3O2. The zero-order valence-electron chi connectivity index (χ0n) is 9.65. The molecular weight excluding hydrogens is 265 g/mol. The van der Waals surface area contributed by atoms with Gasteiger partial charge in [-0.05, 0) is 12.1 Å². The predicted octanol–water partition coefficient (Wildman–Crippen LogP) is 3.18. The lowest BCUT2D eigenvalue weighted by Gasteiger charge is -2.26. The minimum atomic E-state index is -3.37. The van der Waals surface area contributed by atoms with E-state index in [0.29, 0.717) is 5.76 Å². The highest BCUT2D eigenvalue weighted by molar-refractivity contribution is 7.49. The number of hydrogen-bond acceptors (Lipinski definition) is 5. The van der Waals surface area contributed by atoms with E-state index in [4.69, 9.17) is 13.6 Å². The molecule has 5 rings (SSSR count). The molecule has 0 N–H and O–H groups in total. The molecule has 94 valence electrons. The molecule has 3 aliphatic rings. The van der Waals surface area contributed by atoms with Crippen molar-refractivity contribution in [2.45, 2.75) is 12.2 Å². The van der Waals surface area contributed by atoms with Gasteiger partial charge in [0, 0.05) is 17.0 Å². The molecule has 1 aliphatic carbocycles. The van der Waals surface area contributed by atoms with Crippen LogP contribution in [0, 0.1) is 0 Å². The molecule has 3 unspecified atom stereocenters. The molecule has 5 nitrogen and oxygen atoms in total. The summed E-state index contributed by atoms with van der Waals surface area (Å²) in [5.41, 5.74) is 2.62. The van der Waals surface area contributed by atoms with Gasteiger partial charge >= 0.3 is 7.82 Å². The molecule has 0 spiro atoms. The molecule has 0 radical (unpaired) electrons. The average Bonchev–Trinajstić information content (AvgIpc) is 2.90. The third kappa shape index (κ3) is 1.22. The van der Waals surface area contributed by atoms with E-state index in [2.05, 4.69) is 4.98 Å². The maximum absolute atomic E-state index is 12.0. The van der Waals surface area contributed by atoms with Crippen LogP contribution in [0.2, 0.25) is 0 Å². The van der Waals surface area contributed by atoms with Crippen molar-refractivity contribution >= 4 is 24.8 Å². The summed E-state index contributed by atoms with van der Waals surface area (Å²) < 4.78 is 27.9. The normalized spacial score (nSPS) is 34.0. The minimum absolute atomic E-state index is 0.369. The van der Waals surface area contributed by atoms with Crippen LogP contribution in [0.5, 0.6) is 0 Å². The van der Waals surface area contributed by atoms with Crippen LogP contribution < -0.4 is 0 Å². The van der Waals surface area contributed by atoms with E-state index in [0.717, 1.165) is 22.2 Å². The zero-order chi connectivity index (χ0) is 12.6. The summed E-state index contributed by atoms with van der Waals surface area (Å²) in [4.78, 5) is 4.59. The number of fused-ring (bicyclic) bond motifs is 4. The van der Waals surface area contributed by atoms with Crippen molar-refractivity contribution in [3.63, 3.8) is 0 Å². The Balaban J connectivity index is 1.82. The average molecular weight is 273 g/mol. The highest BCUT2D eigenvalue weighted by Crippen LogP contribution is 2.71. The Bertz CT molecular complexity index is 815. The van der Waals surface area contributed by atoms with Gasteiger partial charge in [-0.25, -0.2) is 9.55 Å². The lowest BCUT2D eigenvalue weighted by Crippen LogP contribution is -2.23. The standard InChI is InChI=1S/C13H8NO4P/c15-19-16-11-6-10-8(12(17-19)13(11)18-19)5-7-3-1-2-4-9(7)14-10/h1-6,12-13H. The summed E-state index contributed by atoms with van der Waals surface area (Å²) in [5, 5.41) is 1.03. The number of rotatable bonds is 0. The Morgan fingerprint density at radius 3 is 2.89 bits per heavy atom. The van der Waals surface area contributed by atoms with Crippen LogP contribution in [0.1, 0.15) is 17.4 Å². The topological polar surface area (TPSA) is 57.7 Å². The van der Waals surface area contributed by atoms with Crippen molar-refractivity contribution in [3.8, 4) is 0 Å². The van der Waals surface area contributed by atoms with Gasteiger partial charge in [-0.15, -0.1) is 0 Å². The number of hydrogen-bond donors (Lipinski definition) is 0. The Morgan fingerprint density at radius 1 is 1.16 bits per heavy atom. The van der Waals surface area contributed by atoms with E-state index in [-0.39, 0.29) is 12.2 Å². The number of phosphoric acid groups is 1. The highest BCUT2D eigenvalue weighted by atomic mass is 31.2. The van der Waals surface area contributed by atoms with Crippen molar-refractivity contribution in [2.24, 2.45) is 0 Å². The first-order valence-electron chi connectivity index (χ1n) is 6.00. The smallest absolute Gasteiger partial charge is 0.405 e. The molecule has 1 aromatic heterocycles. The summed E-state index contributed by atoms with van der Waals surface area (Å²) in [6.45, 7) is 0. The van der Waals surface area contributed by atoms with Gasteiger partial charge in [-0.3, -0.25) is 9.05 Å². The molecule has 6 heteroatoms. The second-order valence-electron chi connectivity index (χ2n) is 4.79. The predicted molar refractivity (Wildman–Crippen MR) is 67.1 cm³/mol. The monoisotopic (exact) mass is 273 g/mol. The highest BCUT2D eigenvalue weighted by Gasteiger charge is 2.59. The van der Waals surface area contributed by atoms with E-state index in [1.807, 2.05) is 30.3 Å². The maximum atomic E-state index is 12.0. The number of phosphoric ester groups is 1. The summed E-state index contributed by atoms with van der Waals surface area (Å²) in [6, 6.07) is 9.88. The Hall–Kier alpha value is -1.68. The summed E-state index contributed by atoms with van der Waals surface area (Å²) in [5.74, 6) is 0.565. The Kier molecular flexibility index (Phi) is 1.64. The minimum Gasteiger partial charge on any atom is -0.405 e. The molecular formula is C13H8NO4P. The first-order chi connectivity index (χ1) is 9.22. The summed E-state index contributed by atoms with van der Waals surface area (Å²) in [6.07, 6.45) is 1.04. The lowest BCUT2D eigenvalue weighted by molar-refractivity contribution is 0.130. The van der Waals surface area contributed by atoms with Crippen LogP contribution in [0.25, 0.3) is 17.0 Å². The van der Waals surface area contributed by atoms with Gasteiger partial charge in [0.25, 0.3) is 0 Å². The third-order valence-electron chi connectivity index (χ3n) is 3.63. The molecule has 0 saturated carbocycles. The van der Waals surface area contributed by atoms with E-state index < -0.39 is 7.82 Å². The van der Waals surface area contributed by atoms with E-state index in [1.54, 1.807) is 6.08 Å². The first-order valence-corrected chi connectivity index (χ1v) is 7.46. The van der Waals surface area contributed by atoms with Gasteiger partial charge in [0.05, 0.1) is 11.2 Å². The Morgan fingerprint density at radius 2 is 2.00 bits per heavy atom. The number of aromatic nitrogens is 1. The van der Waals surface area contributed by atoms with Crippen molar-refractivity contribution in [2.75, 3.05) is 0 Å². The van der Waals surface area contributed by atoms with E-state index in [9.17, 15) is 4.57 Å². The van der Waals surface area contributed by atoms with Crippen molar-refractivity contribution in [3.05, 3.63) is 47.3 Å². The van der Waals surface area contributed by atoms with Gasteiger partial charge in [-0.1, -0.05) is 18.2 Å². The van der Waals surface area contributed by atoms with Gasteiger partial charge < -0.3 is 4.52 Å². The number of benzene rings is 1.